The minimum Gasteiger partial charge on any atom is -0.508 e. The maximum atomic E-state index is 13.1. The fraction of sp³-hybridized carbons (Fsp3) is 0.290. The number of nitrogens with two attached hydrogens (primary N) is 1. The molecule has 2 amide bonds. The molecule has 0 saturated carbocycles. The number of carbonyl (C=O) groups excluding carboxylic acids is 4. The van der Waals surface area contributed by atoms with E-state index in [4.69, 9.17) is 43.1 Å². The van der Waals surface area contributed by atoms with Crippen molar-refractivity contribution in [3.63, 3.8) is 0 Å². The molecule has 1 atom stereocenters. The summed E-state index contributed by atoms with van der Waals surface area (Å²) >= 11 is 12.7. The Bertz CT molecular complexity index is 1490. The SMILES string of the molecule is COC(=O)[C@H](CNC(=O)c1cc(O)cc(O)c1)NC(=O)c1c(Cl)cc(C(=O)CCc2cccc(OCCOCCN)c2)cc1Cl. The summed E-state index contributed by atoms with van der Waals surface area (Å²) in [5, 5.41) is 23.8. The molecular formula is C31H33Cl2N3O9. The van der Waals surface area contributed by atoms with Crippen LogP contribution in [0.3, 0.4) is 0 Å². The molecule has 0 heterocycles. The van der Waals surface area contributed by atoms with E-state index < -0.39 is 30.4 Å². The highest BCUT2D eigenvalue weighted by Gasteiger charge is 2.26. The fourth-order valence-corrected chi connectivity index (χ4v) is 4.80. The van der Waals surface area contributed by atoms with Crippen LogP contribution in [0.1, 0.15) is 43.1 Å². The molecular weight excluding hydrogens is 629 g/mol. The van der Waals surface area contributed by atoms with Crippen molar-refractivity contribution in [1.29, 1.82) is 0 Å². The lowest BCUT2D eigenvalue weighted by molar-refractivity contribution is -0.142. The highest BCUT2D eigenvalue weighted by Crippen LogP contribution is 2.28. The number of halogens is 2. The van der Waals surface area contributed by atoms with Crippen molar-refractivity contribution in [2.24, 2.45) is 5.73 Å². The molecule has 0 aliphatic heterocycles. The average Bonchev–Trinajstić information content (AvgIpc) is 3.00. The predicted octanol–water partition coefficient (Wildman–Crippen LogP) is 3.28. The summed E-state index contributed by atoms with van der Waals surface area (Å²) in [4.78, 5) is 50.9. The van der Waals surface area contributed by atoms with Crippen molar-refractivity contribution in [2.45, 2.75) is 18.9 Å². The molecule has 0 unspecified atom stereocenters. The average molecular weight is 663 g/mol. The Morgan fingerprint density at radius 2 is 1.58 bits per heavy atom. The number of methoxy groups -OCH3 is 1. The number of carbonyl (C=O) groups is 4. The normalized spacial score (nSPS) is 11.4. The zero-order valence-electron chi connectivity index (χ0n) is 24.3. The quantitative estimate of drug-likeness (QED) is 0.0866. The fourth-order valence-electron chi connectivity index (χ4n) is 4.14. The number of hydrogen-bond donors (Lipinski definition) is 5. The van der Waals surface area contributed by atoms with Gasteiger partial charge in [0.15, 0.2) is 5.78 Å². The molecule has 0 aromatic heterocycles. The second-order valence-corrected chi connectivity index (χ2v) is 10.4. The van der Waals surface area contributed by atoms with Crippen molar-refractivity contribution in [3.8, 4) is 17.2 Å². The number of rotatable bonds is 16. The lowest BCUT2D eigenvalue weighted by atomic mass is 10.0. The van der Waals surface area contributed by atoms with Crippen LogP contribution < -0.4 is 21.1 Å². The van der Waals surface area contributed by atoms with Gasteiger partial charge in [0.05, 0.1) is 35.9 Å². The third-order valence-corrected chi connectivity index (χ3v) is 6.91. The molecule has 0 saturated heterocycles. The number of aromatic hydroxyl groups is 2. The van der Waals surface area contributed by atoms with Crippen molar-refractivity contribution < 1.29 is 43.6 Å². The van der Waals surface area contributed by atoms with Crippen LogP contribution in [-0.4, -0.2) is 79.8 Å². The maximum absolute atomic E-state index is 13.1. The van der Waals surface area contributed by atoms with Crippen LogP contribution in [0.4, 0.5) is 0 Å². The monoisotopic (exact) mass is 661 g/mol. The van der Waals surface area contributed by atoms with E-state index >= 15 is 0 Å². The van der Waals surface area contributed by atoms with Crippen LogP contribution >= 0.6 is 23.2 Å². The number of nitrogens with one attached hydrogen (secondary N) is 2. The summed E-state index contributed by atoms with van der Waals surface area (Å²) in [7, 11) is 1.10. The Balaban J connectivity index is 1.62. The Labute approximate surface area is 269 Å². The van der Waals surface area contributed by atoms with Crippen LogP contribution in [-0.2, 0) is 20.7 Å². The number of phenolic OH excluding ortho intramolecular Hbond substituents is 2. The molecule has 0 aliphatic rings. The van der Waals surface area contributed by atoms with Crippen LogP contribution in [0.15, 0.2) is 54.6 Å². The van der Waals surface area contributed by atoms with Gasteiger partial charge in [0.25, 0.3) is 11.8 Å². The zero-order valence-corrected chi connectivity index (χ0v) is 25.8. The highest BCUT2D eigenvalue weighted by molar-refractivity contribution is 6.40. The van der Waals surface area contributed by atoms with Gasteiger partial charge in [-0.15, -0.1) is 0 Å². The van der Waals surface area contributed by atoms with Gasteiger partial charge in [-0.25, -0.2) is 4.79 Å². The van der Waals surface area contributed by atoms with Gasteiger partial charge in [-0.05, 0) is 48.4 Å². The molecule has 0 bridgehead atoms. The molecule has 0 fully saturated rings. The van der Waals surface area contributed by atoms with Crippen molar-refractivity contribution in [3.05, 3.63) is 86.9 Å². The second-order valence-electron chi connectivity index (χ2n) is 9.63. The minimum absolute atomic E-state index is 0.0843. The van der Waals surface area contributed by atoms with Gasteiger partial charge >= 0.3 is 5.97 Å². The van der Waals surface area contributed by atoms with Gasteiger partial charge < -0.3 is 40.8 Å². The van der Waals surface area contributed by atoms with Crippen molar-refractivity contribution >= 4 is 46.8 Å². The van der Waals surface area contributed by atoms with Gasteiger partial charge in [-0.3, -0.25) is 14.4 Å². The first-order valence-corrected chi connectivity index (χ1v) is 14.5. The zero-order chi connectivity index (χ0) is 32.9. The Morgan fingerprint density at radius 1 is 0.889 bits per heavy atom. The lowest BCUT2D eigenvalue weighted by Gasteiger charge is -2.18. The summed E-state index contributed by atoms with van der Waals surface area (Å²) in [5.74, 6) is -2.78. The molecule has 0 aliphatic carbocycles. The van der Waals surface area contributed by atoms with Crippen molar-refractivity contribution in [1.82, 2.24) is 10.6 Å². The van der Waals surface area contributed by atoms with E-state index in [2.05, 4.69) is 10.6 Å². The largest absolute Gasteiger partial charge is 0.508 e. The van der Waals surface area contributed by atoms with Crippen LogP contribution in [0.5, 0.6) is 17.2 Å². The van der Waals surface area contributed by atoms with Gasteiger partial charge in [0, 0.05) is 36.7 Å². The number of ketones is 1. The Kier molecular flexibility index (Phi) is 13.4. The summed E-state index contributed by atoms with van der Waals surface area (Å²) < 4.78 is 15.7. The molecule has 3 aromatic rings. The van der Waals surface area contributed by atoms with Gasteiger partial charge in [0.1, 0.15) is 29.9 Å². The molecule has 14 heteroatoms. The van der Waals surface area contributed by atoms with Crippen molar-refractivity contribution in [2.75, 3.05) is 40.0 Å². The van der Waals surface area contributed by atoms with Gasteiger partial charge in [0.2, 0.25) is 0 Å². The topological polar surface area (TPSA) is 187 Å². The number of Topliss-reactive ketones (excluding diaryl/α,β-unsaturated/α-hetero) is 1. The Morgan fingerprint density at radius 3 is 2.22 bits per heavy atom. The van der Waals surface area contributed by atoms with E-state index in [0.29, 0.717) is 38.5 Å². The number of phenols is 2. The molecule has 240 valence electrons. The van der Waals surface area contributed by atoms with E-state index in [0.717, 1.165) is 30.9 Å². The second kappa shape index (κ2) is 17.2. The summed E-state index contributed by atoms with van der Waals surface area (Å²) in [6.45, 7) is 1.24. The predicted molar refractivity (Wildman–Crippen MR) is 166 cm³/mol. The van der Waals surface area contributed by atoms with E-state index in [1.54, 1.807) is 6.07 Å². The summed E-state index contributed by atoms with van der Waals surface area (Å²) in [6, 6.07) is 11.9. The number of amides is 2. The number of aryl methyl sites for hydroxylation is 1. The molecule has 6 N–H and O–H groups in total. The first-order chi connectivity index (χ1) is 21.5. The number of esters is 1. The lowest BCUT2D eigenvalue weighted by Crippen LogP contribution is -2.49. The van der Waals surface area contributed by atoms with Gasteiger partial charge in [-0.2, -0.15) is 0 Å². The van der Waals surface area contributed by atoms with E-state index in [-0.39, 0.29) is 50.4 Å². The summed E-state index contributed by atoms with van der Waals surface area (Å²) in [6.07, 6.45) is 0.536. The summed E-state index contributed by atoms with van der Waals surface area (Å²) in [5.41, 5.74) is 6.18. The third kappa shape index (κ3) is 10.6. The van der Waals surface area contributed by atoms with E-state index in [9.17, 15) is 29.4 Å². The molecule has 0 radical (unpaired) electrons. The van der Waals surface area contributed by atoms with E-state index in [1.807, 2.05) is 18.2 Å². The van der Waals surface area contributed by atoms with Crippen LogP contribution in [0, 0.1) is 0 Å². The first-order valence-electron chi connectivity index (χ1n) is 13.7. The third-order valence-electron chi connectivity index (χ3n) is 6.31. The number of hydrogen-bond acceptors (Lipinski definition) is 10. The van der Waals surface area contributed by atoms with Crippen LogP contribution in [0.2, 0.25) is 10.0 Å². The molecule has 12 nitrogen and oxygen atoms in total. The first kappa shape index (κ1) is 35.1. The molecule has 45 heavy (non-hydrogen) atoms. The number of benzene rings is 3. The minimum atomic E-state index is -1.36. The molecule has 3 rings (SSSR count). The van der Waals surface area contributed by atoms with E-state index in [1.165, 1.54) is 12.1 Å². The molecule has 3 aromatic carbocycles. The van der Waals surface area contributed by atoms with Crippen LogP contribution in [0.25, 0.3) is 0 Å². The highest BCUT2D eigenvalue weighted by atomic mass is 35.5. The standard InChI is InChI=1S/C31H33Cl2N3O9/c1-43-31(42)26(17-35-29(40)20-12-21(37)16-22(38)13-20)36-30(41)28-24(32)14-19(15-25(28)33)27(39)6-5-18-3-2-4-23(11-18)45-10-9-44-8-7-34/h2-4,11-16,26,37-38H,5-10,17,34H2,1H3,(H,35,40)(H,36,41)/t26-/m0/s1. The maximum Gasteiger partial charge on any atom is 0.330 e. The Hall–Kier alpha value is -4.36. The smallest absolute Gasteiger partial charge is 0.330 e. The van der Waals surface area contributed by atoms with Gasteiger partial charge in [-0.1, -0.05) is 35.3 Å². The molecule has 0 spiro atoms. The number of ether oxygens (including phenoxy) is 3.